The van der Waals surface area contributed by atoms with Crippen LogP contribution in [-0.4, -0.2) is 17.3 Å². The first-order valence-corrected chi connectivity index (χ1v) is 7.17. The Hall–Kier alpha value is -3.00. The molecule has 0 radical (unpaired) electrons. The summed E-state index contributed by atoms with van der Waals surface area (Å²) in [6.07, 6.45) is 3.51. The van der Waals surface area contributed by atoms with Gasteiger partial charge in [-0.1, -0.05) is 0 Å². The maximum atomic E-state index is 12.3. The molecule has 1 aromatic heterocycles. The molecule has 1 aliphatic heterocycles. The van der Waals surface area contributed by atoms with Crippen molar-refractivity contribution in [2.75, 3.05) is 7.11 Å². The second-order valence-electron chi connectivity index (χ2n) is 5.83. The molecule has 23 heavy (non-hydrogen) atoms. The summed E-state index contributed by atoms with van der Waals surface area (Å²) in [5, 5.41) is 9.14. The van der Waals surface area contributed by atoms with Crippen LogP contribution >= 0.6 is 0 Å². The molecule has 3 rings (SSSR count). The van der Waals surface area contributed by atoms with Gasteiger partial charge in [-0.2, -0.15) is 5.26 Å². The van der Waals surface area contributed by atoms with Crippen LogP contribution < -0.4 is 15.0 Å². The molecule has 116 valence electrons. The molecule has 1 aromatic carbocycles. The van der Waals surface area contributed by atoms with Crippen LogP contribution in [0.5, 0.6) is 11.5 Å². The van der Waals surface area contributed by atoms with Crippen molar-refractivity contribution in [1.29, 1.82) is 5.26 Å². The summed E-state index contributed by atoms with van der Waals surface area (Å²) in [7, 11) is 1.55. The summed E-state index contributed by atoms with van der Waals surface area (Å²) in [6, 6.07) is 10.4. The summed E-state index contributed by atoms with van der Waals surface area (Å²) >= 11 is 0. The minimum atomic E-state index is -0.570. The summed E-state index contributed by atoms with van der Waals surface area (Å²) in [4.78, 5) is 12.3. The van der Waals surface area contributed by atoms with Crippen LogP contribution in [0.1, 0.15) is 25.0 Å². The Labute approximate surface area is 134 Å². The van der Waals surface area contributed by atoms with Gasteiger partial charge in [-0.05, 0) is 44.2 Å². The van der Waals surface area contributed by atoms with E-state index in [1.807, 2.05) is 19.9 Å². The van der Waals surface area contributed by atoms with Crippen molar-refractivity contribution in [3.8, 4) is 17.6 Å². The van der Waals surface area contributed by atoms with Gasteiger partial charge in [-0.25, -0.2) is 0 Å². The minimum absolute atomic E-state index is 0.178. The van der Waals surface area contributed by atoms with Crippen molar-refractivity contribution in [3.63, 3.8) is 0 Å². The zero-order chi connectivity index (χ0) is 16.6. The maximum Gasteiger partial charge on any atom is 0.255 e. The van der Waals surface area contributed by atoms with E-state index in [9.17, 15) is 4.79 Å². The Morgan fingerprint density at radius 2 is 2.04 bits per heavy atom. The average molecular weight is 308 g/mol. The van der Waals surface area contributed by atoms with E-state index in [1.54, 1.807) is 37.6 Å². The van der Waals surface area contributed by atoms with Gasteiger partial charge < -0.3 is 9.47 Å². The standard InChI is InChI=1S/C18H16N2O3/c1-18(2)9-15(20-11-13(22-3)5-7-17(20)21)14-8-12(10-19)4-6-16(14)23-18/h4-9,11H,1-3H3. The molecule has 2 aromatic rings. The summed E-state index contributed by atoms with van der Waals surface area (Å²) in [5.74, 6) is 1.22. The Morgan fingerprint density at radius 3 is 2.74 bits per heavy atom. The highest BCUT2D eigenvalue weighted by Gasteiger charge is 2.28. The average Bonchev–Trinajstić information content (AvgIpc) is 2.53. The number of hydrogen-bond donors (Lipinski definition) is 0. The van der Waals surface area contributed by atoms with Gasteiger partial charge in [0.1, 0.15) is 17.1 Å². The predicted molar refractivity (Wildman–Crippen MR) is 86.5 cm³/mol. The molecule has 5 heteroatoms. The number of nitrogens with zero attached hydrogens (tertiary/aromatic N) is 2. The summed E-state index contributed by atoms with van der Waals surface area (Å²) in [6.45, 7) is 3.83. The van der Waals surface area contributed by atoms with Crippen molar-refractivity contribution in [3.05, 3.63) is 64.1 Å². The maximum absolute atomic E-state index is 12.3. The number of pyridine rings is 1. The molecule has 0 atom stereocenters. The molecule has 2 heterocycles. The van der Waals surface area contributed by atoms with E-state index in [2.05, 4.69) is 6.07 Å². The zero-order valence-electron chi connectivity index (χ0n) is 13.2. The van der Waals surface area contributed by atoms with E-state index in [1.165, 1.54) is 10.6 Å². The Kier molecular flexibility index (Phi) is 3.45. The quantitative estimate of drug-likeness (QED) is 0.855. The predicted octanol–water partition coefficient (Wildman–Crippen LogP) is 2.79. The number of aromatic nitrogens is 1. The number of fused-ring (bicyclic) bond motifs is 1. The van der Waals surface area contributed by atoms with Gasteiger partial charge >= 0.3 is 0 Å². The molecule has 0 fully saturated rings. The molecule has 1 aliphatic rings. The van der Waals surface area contributed by atoms with Crippen molar-refractivity contribution in [1.82, 2.24) is 4.57 Å². The van der Waals surface area contributed by atoms with E-state index >= 15 is 0 Å². The monoisotopic (exact) mass is 308 g/mol. The van der Waals surface area contributed by atoms with E-state index in [4.69, 9.17) is 14.7 Å². The van der Waals surface area contributed by atoms with E-state index in [0.29, 0.717) is 28.3 Å². The molecule has 5 nitrogen and oxygen atoms in total. The number of benzene rings is 1. The molecule has 0 bridgehead atoms. The van der Waals surface area contributed by atoms with Crippen molar-refractivity contribution >= 4 is 5.70 Å². The first kappa shape index (κ1) is 14.9. The Morgan fingerprint density at radius 1 is 1.26 bits per heavy atom. The molecule has 0 N–H and O–H groups in total. The third kappa shape index (κ3) is 2.71. The molecule has 0 amide bonds. The molecule has 0 spiro atoms. The third-order valence-corrected chi connectivity index (χ3v) is 3.62. The SMILES string of the molecule is COc1ccc(=O)n(C2=CC(C)(C)Oc3ccc(C#N)cc32)c1. The zero-order valence-corrected chi connectivity index (χ0v) is 13.2. The fraction of sp³-hybridized carbons (Fsp3) is 0.222. The second kappa shape index (κ2) is 5.33. The van der Waals surface area contributed by atoms with Gasteiger partial charge in [0.2, 0.25) is 0 Å². The fourth-order valence-corrected chi connectivity index (χ4v) is 2.58. The smallest absolute Gasteiger partial charge is 0.255 e. The van der Waals surface area contributed by atoms with Crippen LogP contribution in [-0.2, 0) is 0 Å². The van der Waals surface area contributed by atoms with Gasteiger partial charge in [-0.15, -0.1) is 0 Å². The van der Waals surface area contributed by atoms with Crippen LogP contribution in [0.25, 0.3) is 5.70 Å². The van der Waals surface area contributed by atoms with Crippen LogP contribution in [0.15, 0.2) is 47.4 Å². The highest BCUT2D eigenvalue weighted by Crippen LogP contribution is 2.37. The van der Waals surface area contributed by atoms with E-state index < -0.39 is 5.60 Å². The van der Waals surface area contributed by atoms with Crippen molar-refractivity contribution in [2.24, 2.45) is 0 Å². The largest absolute Gasteiger partial charge is 0.495 e. The van der Waals surface area contributed by atoms with Crippen LogP contribution in [0, 0.1) is 11.3 Å². The lowest BCUT2D eigenvalue weighted by molar-refractivity contribution is 0.157. The lowest BCUT2D eigenvalue weighted by Gasteiger charge is -2.31. The second-order valence-corrected chi connectivity index (χ2v) is 5.83. The number of hydrogen-bond acceptors (Lipinski definition) is 4. The Balaban J connectivity index is 2.28. The molecule has 0 saturated carbocycles. The Bertz CT molecular complexity index is 901. The highest BCUT2D eigenvalue weighted by atomic mass is 16.5. The molecular weight excluding hydrogens is 292 g/mol. The van der Waals surface area contributed by atoms with Crippen LogP contribution in [0.2, 0.25) is 0 Å². The summed E-state index contributed by atoms with van der Waals surface area (Å²) in [5.41, 5.74) is 1.15. The fourth-order valence-electron chi connectivity index (χ4n) is 2.58. The van der Waals surface area contributed by atoms with Gasteiger partial charge in [0, 0.05) is 11.6 Å². The van der Waals surface area contributed by atoms with Gasteiger partial charge in [-0.3, -0.25) is 9.36 Å². The van der Waals surface area contributed by atoms with Gasteiger partial charge in [0.05, 0.1) is 30.6 Å². The van der Waals surface area contributed by atoms with Gasteiger partial charge in [0.25, 0.3) is 5.56 Å². The topological polar surface area (TPSA) is 64.2 Å². The third-order valence-electron chi connectivity index (χ3n) is 3.62. The summed E-state index contributed by atoms with van der Waals surface area (Å²) < 4.78 is 12.7. The van der Waals surface area contributed by atoms with Crippen LogP contribution in [0.4, 0.5) is 0 Å². The normalized spacial score (nSPS) is 15.0. The van der Waals surface area contributed by atoms with Crippen LogP contribution in [0.3, 0.4) is 0 Å². The first-order valence-electron chi connectivity index (χ1n) is 7.17. The van der Waals surface area contributed by atoms with Crippen molar-refractivity contribution < 1.29 is 9.47 Å². The number of nitriles is 1. The lowest BCUT2D eigenvalue weighted by Crippen LogP contribution is -2.32. The molecule has 0 saturated heterocycles. The molecule has 0 unspecified atom stereocenters. The van der Waals surface area contributed by atoms with Gasteiger partial charge in [0.15, 0.2) is 0 Å². The van der Waals surface area contributed by atoms with E-state index in [0.717, 1.165) is 0 Å². The lowest BCUT2D eigenvalue weighted by atomic mass is 9.97. The van der Waals surface area contributed by atoms with E-state index in [-0.39, 0.29) is 5.56 Å². The molecule has 0 aliphatic carbocycles. The molecular formula is C18H16N2O3. The minimum Gasteiger partial charge on any atom is -0.495 e. The first-order chi connectivity index (χ1) is 10.9. The number of methoxy groups -OCH3 is 1. The highest BCUT2D eigenvalue weighted by molar-refractivity contribution is 5.74. The number of ether oxygens (including phenoxy) is 2. The number of rotatable bonds is 2. The van der Waals surface area contributed by atoms with Crippen molar-refractivity contribution in [2.45, 2.75) is 19.4 Å².